The van der Waals surface area contributed by atoms with Gasteiger partial charge in [-0.15, -0.1) is 0 Å². The Morgan fingerprint density at radius 3 is 1.91 bits per heavy atom. The van der Waals surface area contributed by atoms with Crippen LogP contribution in [0.2, 0.25) is 18.1 Å². The number of hydrogen-bond donors (Lipinski definition) is 2. The molecule has 2 heterocycles. The second kappa shape index (κ2) is 15.2. The van der Waals surface area contributed by atoms with Crippen LogP contribution in [0, 0.1) is 5.92 Å². The highest BCUT2D eigenvalue weighted by molar-refractivity contribution is 7.92. The number of anilines is 1. The molecule has 0 bridgehead atoms. The summed E-state index contributed by atoms with van der Waals surface area (Å²) >= 11 is 0. The fraction of sp³-hybridized carbons (Fsp3) is 0.391. The first kappa shape index (κ1) is 39.1. The number of carbonyl (C=O) groups is 1. The topological polar surface area (TPSA) is 107 Å². The van der Waals surface area contributed by atoms with Crippen molar-refractivity contribution in [1.29, 1.82) is 0 Å². The van der Waals surface area contributed by atoms with E-state index in [2.05, 4.69) is 56.9 Å². The Labute approximate surface area is 339 Å². The molecular weight excluding hydrogens is 747 g/mol. The standard InChI is InChI=1S/C46H55N5O4SSi/c1-32-29-51-43(54-30-32)42(40(48-51)31-55-57(5,6)45(2,3)4)56(53,49-44(52)47-41-38-26-16-18-33(38)28-34-19-17-27-39(34)41)50-46(35-20-10-7-11-21-35,36-22-12-8-13-23-36)37-24-14-9-15-25-37/h7-15,20-25,28,32H,16-19,26-27,29-31H2,1-6H3,(H2,47,49,50,52,53). The zero-order valence-corrected chi connectivity index (χ0v) is 35.9. The summed E-state index contributed by atoms with van der Waals surface area (Å²) in [7, 11) is -6.29. The molecule has 11 heteroatoms. The summed E-state index contributed by atoms with van der Waals surface area (Å²) < 4.78 is 40.6. The van der Waals surface area contributed by atoms with Crippen LogP contribution in [0.15, 0.2) is 106 Å². The van der Waals surface area contributed by atoms with E-state index in [0.29, 0.717) is 24.7 Å². The number of rotatable bonds is 10. The summed E-state index contributed by atoms with van der Waals surface area (Å²) in [5.74, 6) is 0.517. The summed E-state index contributed by atoms with van der Waals surface area (Å²) in [4.78, 5) is 15.1. The number of nitrogens with one attached hydrogen (secondary N) is 2. The molecule has 3 aliphatic rings. The average molecular weight is 802 g/mol. The lowest BCUT2D eigenvalue weighted by Crippen LogP contribution is -2.41. The number of benzene rings is 4. The van der Waals surface area contributed by atoms with Crippen LogP contribution in [0.5, 0.6) is 5.88 Å². The van der Waals surface area contributed by atoms with Crippen LogP contribution in [0.25, 0.3) is 0 Å². The number of fused-ring (bicyclic) bond motifs is 3. The van der Waals surface area contributed by atoms with Crippen molar-refractivity contribution in [3.8, 4) is 5.88 Å². The second-order valence-electron chi connectivity index (χ2n) is 17.4. The molecule has 9 nitrogen and oxygen atoms in total. The second-order valence-corrected chi connectivity index (χ2v) is 24.1. The summed E-state index contributed by atoms with van der Waals surface area (Å²) in [6, 6.07) is 31.5. The monoisotopic (exact) mass is 801 g/mol. The summed E-state index contributed by atoms with van der Waals surface area (Å²) in [6.45, 7) is 14.1. The molecule has 2 amide bonds. The van der Waals surface area contributed by atoms with Gasteiger partial charge in [0.1, 0.15) is 11.2 Å². The highest BCUT2D eigenvalue weighted by Gasteiger charge is 2.43. The van der Waals surface area contributed by atoms with Crippen molar-refractivity contribution in [2.75, 3.05) is 11.9 Å². The molecule has 0 saturated carbocycles. The number of amides is 2. The molecule has 1 aromatic heterocycles. The number of carbonyl (C=O) groups excluding carboxylic acids is 1. The molecule has 57 heavy (non-hydrogen) atoms. The van der Waals surface area contributed by atoms with E-state index in [4.69, 9.17) is 18.6 Å². The Kier molecular flexibility index (Phi) is 10.5. The normalized spacial score (nSPS) is 17.5. The predicted molar refractivity (Wildman–Crippen MR) is 230 cm³/mol. The minimum absolute atomic E-state index is 0.0826. The molecule has 2 aliphatic carbocycles. The van der Waals surface area contributed by atoms with Gasteiger partial charge in [-0.25, -0.2) is 18.4 Å². The Hall–Kier alpha value is -4.71. The SMILES string of the molecule is CC1COc2c(S(=O)(=NC(c3ccccc3)(c3ccccc3)c3ccccc3)NC(=O)Nc3c4c(cc5c3CCC5)CCC4)c(CO[Si](C)(C)C(C)(C)C)nn2C1. The number of aryl methyl sites for hydroxylation is 2. The fourth-order valence-electron chi connectivity index (χ4n) is 8.39. The molecular formula is C46H55N5O4SSi. The third-order valence-electron chi connectivity index (χ3n) is 12.4. The molecule has 2 N–H and O–H groups in total. The van der Waals surface area contributed by atoms with Gasteiger partial charge in [0.2, 0.25) is 5.88 Å². The first-order valence-electron chi connectivity index (χ1n) is 20.4. The minimum Gasteiger partial charge on any atom is -0.477 e. The van der Waals surface area contributed by atoms with Crippen LogP contribution in [-0.2, 0) is 58.7 Å². The van der Waals surface area contributed by atoms with Crippen LogP contribution in [-0.4, -0.2) is 34.9 Å². The van der Waals surface area contributed by atoms with Crippen LogP contribution in [0.1, 0.15) is 85.2 Å². The lowest BCUT2D eigenvalue weighted by Gasteiger charge is -2.36. The minimum atomic E-state index is -3.98. The van der Waals surface area contributed by atoms with Crippen molar-refractivity contribution in [2.45, 2.75) is 108 Å². The van der Waals surface area contributed by atoms with Crippen LogP contribution in [0.3, 0.4) is 0 Å². The maximum atomic E-state index is 16.8. The Balaban J connectivity index is 1.39. The van der Waals surface area contributed by atoms with Gasteiger partial charge in [-0.05, 0) is 95.6 Å². The Morgan fingerprint density at radius 1 is 0.877 bits per heavy atom. The lowest BCUT2D eigenvalue weighted by molar-refractivity contribution is 0.170. The van der Waals surface area contributed by atoms with Gasteiger partial charge in [-0.2, -0.15) is 9.46 Å². The smallest absolute Gasteiger partial charge is 0.331 e. The average Bonchev–Trinajstić information content (AvgIpc) is 3.96. The van der Waals surface area contributed by atoms with Crippen LogP contribution >= 0.6 is 0 Å². The summed E-state index contributed by atoms with van der Waals surface area (Å²) in [5.41, 5.74) is 7.33. The molecule has 0 saturated heterocycles. The van der Waals surface area contributed by atoms with Gasteiger partial charge >= 0.3 is 6.03 Å². The Bertz CT molecular complexity index is 2270. The van der Waals surface area contributed by atoms with Gasteiger partial charge in [0.25, 0.3) is 0 Å². The molecule has 8 rings (SSSR count). The van der Waals surface area contributed by atoms with Gasteiger partial charge in [-0.1, -0.05) is 125 Å². The molecule has 0 fully saturated rings. The van der Waals surface area contributed by atoms with Gasteiger partial charge < -0.3 is 14.5 Å². The number of ether oxygens (including phenoxy) is 1. The zero-order valence-electron chi connectivity index (χ0n) is 34.1. The highest BCUT2D eigenvalue weighted by Crippen LogP contribution is 2.45. The van der Waals surface area contributed by atoms with Crippen LogP contribution < -0.4 is 14.8 Å². The van der Waals surface area contributed by atoms with E-state index in [1.54, 1.807) is 4.68 Å². The Morgan fingerprint density at radius 2 is 1.40 bits per heavy atom. The van der Waals surface area contributed by atoms with E-state index < -0.39 is 29.8 Å². The first-order chi connectivity index (χ1) is 27.3. The predicted octanol–water partition coefficient (Wildman–Crippen LogP) is 9.97. The first-order valence-corrected chi connectivity index (χ1v) is 24.8. The van der Waals surface area contributed by atoms with Crippen molar-refractivity contribution in [3.05, 3.63) is 142 Å². The molecule has 298 valence electrons. The number of nitrogens with zero attached hydrogens (tertiary/aromatic N) is 3. The zero-order chi connectivity index (χ0) is 40.0. The quantitative estimate of drug-likeness (QED) is 0.108. The number of aromatic nitrogens is 2. The van der Waals surface area contributed by atoms with E-state index in [-0.39, 0.29) is 22.5 Å². The summed E-state index contributed by atoms with van der Waals surface area (Å²) in [6.07, 6.45) is 5.88. The van der Waals surface area contributed by atoms with E-state index >= 15 is 4.21 Å². The maximum Gasteiger partial charge on any atom is 0.331 e. The van der Waals surface area contributed by atoms with Crippen molar-refractivity contribution in [1.82, 2.24) is 14.5 Å². The highest BCUT2D eigenvalue weighted by atomic mass is 32.2. The van der Waals surface area contributed by atoms with Gasteiger partial charge in [-0.3, -0.25) is 0 Å². The fourth-order valence-corrected chi connectivity index (χ4v) is 11.4. The van der Waals surface area contributed by atoms with Gasteiger partial charge in [0, 0.05) is 11.6 Å². The third-order valence-corrected chi connectivity index (χ3v) is 18.8. The largest absolute Gasteiger partial charge is 0.477 e. The molecule has 2 unspecified atom stereocenters. The third kappa shape index (κ3) is 7.34. The van der Waals surface area contributed by atoms with Crippen molar-refractivity contribution in [2.24, 2.45) is 10.3 Å². The van der Waals surface area contributed by atoms with Crippen molar-refractivity contribution < 1.29 is 18.2 Å². The van der Waals surface area contributed by atoms with E-state index in [1.165, 1.54) is 22.3 Å². The van der Waals surface area contributed by atoms with Crippen LogP contribution in [0.4, 0.5) is 10.5 Å². The molecule has 4 aromatic carbocycles. The number of urea groups is 1. The summed E-state index contributed by atoms with van der Waals surface area (Å²) in [5, 5.41) is 8.25. The number of hydrogen-bond acceptors (Lipinski definition) is 6. The molecule has 1 aliphatic heterocycles. The van der Waals surface area contributed by atoms with E-state index in [9.17, 15) is 4.79 Å². The van der Waals surface area contributed by atoms with Gasteiger partial charge in [0.05, 0.1) is 19.8 Å². The van der Waals surface area contributed by atoms with E-state index in [0.717, 1.165) is 60.9 Å². The molecule has 0 radical (unpaired) electrons. The molecule has 2 atom stereocenters. The lowest BCUT2D eigenvalue weighted by atomic mass is 9.78. The van der Waals surface area contributed by atoms with Gasteiger partial charge in [0.15, 0.2) is 23.1 Å². The molecule has 0 spiro atoms. The van der Waals surface area contributed by atoms with Crippen molar-refractivity contribution in [3.63, 3.8) is 0 Å². The molecule has 5 aromatic rings. The van der Waals surface area contributed by atoms with E-state index in [1.807, 2.05) is 91.0 Å². The maximum absolute atomic E-state index is 16.8. The van der Waals surface area contributed by atoms with Crippen molar-refractivity contribution >= 4 is 30.0 Å².